The molecule has 0 fully saturated rings. The first-order chi connectivity index (χ1) is 10.2. The molecule has 0 bridgehead atoms. The van der Waals surface area contributed by atoms with E-state index in [-0.39, 0.29) is 0 Å². The van der Waals surface area contributed by atoms with Gasteiger partial charge in [0.1, 0.15) is 0 Å². The van der Waals surface area contributed by atoms with Gasteiger partial charge in [0.2, 0.25) is 0 Å². The molecule has 0 saturated heterocycles. The van der Waals surface area contributed by atoms with Crippen molar-refractivity contribution in [3.63, 3.8) is 0 Å². The van der Waals surface area contributed by atoms with Crippen LogP contribution in [0, 0.1) is 5.92 Å². The Labute approximate surface area is 127 Å². The van der Waals surface area contributed by atoms with E-state index < -0.39 is 0 Å². The lowest BCUT2D eigenvalue weighted by Gasteiger charge is -2.08. The zero-order valence-corrected chi connectivity index (χ0v) is 13.1. The van der Waals surface area contributed by atoms with Crippen LogP contribution in [0.4, 0.5) is 0 Å². The number of rotatable bonds is 4. The van der Waals surface area contributed by atoms with Crippen LogP contribution in [0.15, 0.2) is 48.7 Å². The van der Waals surface area contributed by atoms with Crippen molar-refractivity contribution in [1.82, 2.24) is 4.98 Å². The first-order valence-corrected chi connectivity index (χ1v) is 7.86. The van der Waals surface area contributed by atoms with Crippen LogP contribution in [0.3, 0.4) is 0 Å². The second kappa shape index (κ2) is 5.77. The fraction of sp³-hybridized carbons (Fsp3) is 0.300. The normalized spacial score (nSPS) is 11.4. The minimum atomic E-state index is 0.694. The molecule has 0 amide bonds. The number of benzene rings is 2. The first-order valence-electron chi connectivity index (χ1n) is 7.86. The molecule has 0 aliphatic heterocycles. The fourth-order valence-corrected chi connectivity index (χ4v) is 3.00. The Hall–Kier alpha value is -2.02. The van der Waals surface area contributed by atoms with Gasteiger partial charge in [0.25, 0.3) is 0 Å². The Morgan fingerprint density at radius 1 is 1.00 bits per heavy atom. The topological polar surface area (TPSA) is 15.8 Å². The van der Waals surface area contributed by atoms with Crippen LogP contribution >= 0.6 is 0 Å². The Kier molecular flexibility index (Phi) is 3.83. The molecule has 3 rings (SSSR count). The van der Waals surface area contributed by atoms with Crippen LogP contribution in [0.25, 0.3) is 22.0 Å². The highest BCUT2D eigenvalue weighted by molar-refractivity contribution is 5.88. The van der Waals surface area contributed by atoms with Crippen molar-refractivity contribution in [3.05, 3.63) is 59.8 Å². The second-order valence-corrected chi connectivity index (χ2v) is 6.23. The van der Waals surface area contributed by atoms with Gasteiger partial charge in [0.05, 0.1) is 0 Å². The van der Waals surface area contributed by atoms with E-state index in [9.17, 15) is 0 Å². The predicted octanol–water partition coefficient (Wildman–Crippen LogP) is 5.60. The zero-order chi connectivity index (χ0) is 14.8. The van der Waals surface area contributed by atoms with Crippen molar-refractivity contribution >= 4 is 10.9 Å². The van der Waals surface area contributed by atoms with Crippen molar-refractivity contribution in [3.8, 4) is 11.1 Å². The van der Waals surface area contributed by atoms with Gasteiger partial charge in [-0.15, -0.1) is 0 Å². The molecule has 108 valence electrons. The second-order valence-electron chi connectivity index (χ2n) is 6.23. The largest absolute Gasteiger partial charge is 0.361 e. The molecule has 0 unspecified atom stereocenters. The number of fused-ring (bicyclic) bond motifs is 1. The monoisotopic (exact) mass is 277 g/mol. The molecular weight excluding hydrogens is 254 g/mol. The van der Waals surface area contributed by atoms with E-state index in [0.29, 0.717) is 5.92 Å². The van der Waals surface area contributed by atoms with Crippen molar-refractivity contribution < 1.29 is 0 Å². The highest BCUT2D eigenvalue weighted by atomic mass is 14.7. The molecule has 1 N–H and O–H groups in total. The van der Waals surface area contributed by atoms with Gasteiger partial charge in [-0.05, 0) is 53.1 Å². The molecule has 0 aliphatic rings. The van der Waals surface area contributed by atoms with Gasteiger partial charge in [0.15, 0.2) is 0 Å². The van der Waals surface area contributed by atoms with Crippen molar-refractivity contribution in [2.45, 2.75) is 33.6 Å². The van der Waals surface area contributed by atoms with E-state index in [1.807, 2.05) is 0 Å². The standard InChI is InChI=1S/C20H23N/c1-4-16-13-21-20-9-8-18(12-19(16)20)17-7-5-6-15(11-17)10-14(2)3/h5-9,11-14,21H,4,10H2,1-3H3. The van der Waals surface area contributed by atoms with Gasteiger partial charge in [-0.25, -0.2) is 0 Å². The average molecular weight is 277 g/mol. The lowest BCUT2D eigenvalue weighted by atomic mass is 9.97. The SMILES string of the molecule is CCc1c[nH]c2ccc(-c3cccc(CC(C)C)c3)cc12. The van der Waals surface area contributed by atoms with Crippen molar-refractivity contribution in [2.75, 3.05) is 0 Å². The number of aryl methyl sites for hydroxylation is 1. The first kappa shape index (κ1) is 13.9. The number of H-pyrrole nitrogens is 1. The molecule has 2 aromatic carbocycles. The Balaban J connectivity index is 2.03. The van der Waals surface area contributed by atoms with Gasteiger partial charge >= 0.3 is 0 Å². The maximum atomic E-state index is 3.36. The van der Waals surface area contributed by atoms with Crippen LogP contribution in [0.1, 0.15) is 31.9 Å². The van der Waals surface area contributed by atoms with E-state index in [2.05, 4.69) is 74.4 Å². The molecule has 3 aromatic rings. The summed E-state index contributed by atoms with van der Waals surface area (Å²) in [4.78, 5) is 3.36. The van der Waals surface area contributed by atoms with Gasteiger partial charge in [-0.3, -0.25) is 0 Å². The molecule has 0 aliphatic carbocycles. The highest BCUT2D eigenvalue weighted by Crippen LogP contribution is 2.27. The maximum Gasteiger partial charge on any atom is 0.0457 e. The molecule has 1 heterocycles. The number of aromatic amines is 1. The van der Waals surface area contributed by atoms with E-state index in [0.717, 1.165) is 12.8 Å². The maximum absolute atomic E-state index is 3.36. The third-order valence-corrected chi connectivity index (χ3v) is 4.05. The summed E-state index contributed by atoms with van der Waals surface area (Å²) in [7, 11) is 0. The van der Waals surface area contributed by atoms with E-state index in [1.165, 1.54) is 33.2 Å². The molecule has 1 aromatic heterocycles. The van der Waals surface area contributed by atoms with Crippen LogP contribution in [-0.4, -0.2) is 4.98 Å². The van der Waals surface area contributed by atoms with Crippen LogP contribution < -0.4 is 0 Å². The molecule has 1 nitrogen and oxygen atoms in total. The summed E-state index contributed by atoms with van der Waals surface area (Å²) in [6, 6.07) is 15.7. The van der Waals surface area contributed by atoms with Crippen molar-refractivity contribution in [1.29, 1.82) is 0 Å². The van der Waals surface area contributed by atoms with Crippen molar-refractivity contribution in [2.24, 2.45) is 5.92 Å². The Bertz CT molecular complexity index is 749. The summed E-state index contributed by atoms with van der Waals surface area (Å²) in [5, 5.41) is 1.35. The summed E-state index contributed by atoms with van der Waals surface area (Å²) >= 11 is 0. The number of nitrogens with one attached hydrogen (secondary N) is 1. The van der Waals surface area contributed by atoms with Crippen LogP contribution in [-0.2, 0) is 12.8 Å². The number of aromatic nitrogens is 1. The number of hydrogen-bond acceptors (Lipinski definition) is 0. The lowest BCUT2D eigenvalue weighted by molar-refractivity contribution is 0.647. The quantitative estimate of drug-likeness (QED) is 0.639. The Morgan fingerprint density at radius 2 is 1.81 bits per heavy atom. The van der Waals surface area contributed by atoms with E-state index >= 15 is 0 Å². The number of hydrogen-bond donors (Lipinski definition) is 1. The van der Waals surface area contributed by atoms with Gasteiger partial charge < -0.3 is 4.98 Å². The third-order valence-electron chi connectivity index (χ3n) is 4.05. The molecule has 1 heteroatoms. The van der Waals surface area contributed by atoms with Gasteiger partial charge in [0, 0.05) is 17.1 Å². The molecule has 0 radical (unpaired) electrons. The summed E-state index contributed by atoms with van der Waals surface area (Å²) in [6.07, 6.45) is 4.33. The van der Waals surface area contributed by atoms with Crippen LogP contribution in [0.2, 0.25) is 0 Å². The predicted molar refractivity (Wildman–Crippen MR) is 91.7 cm³/mol. The lowest BCUT2D eigenvalue weighted by Crippen LogP contribution is -1.93. The molecule has 0 atom stereocenters. The molecule has 0 spiro atoms. The molecule has 21 heavy (non-hydrogen) atoms. The van der Waals surface area contributed by atoms with E-state index in [1.54, 1.807) is 0 Å². The minimum absolute atomic E-state index is 0.694. The fourth-order valence-electron chi connectivity index (χ4n) is 3.00. The summed E-state index contributed by atoms with van der Waals surface area (Å²) in [6.45, 7) is 6.75. The Morgan fingerprint density at radius 3 is 2.57 bits per heavy atom. The minimum Gasteiger partial charge on any atom is -0.361 e. The van der Waals surface area contributed by atoms with Gasteiger partial charge in [-0.2, -0.15) is 0 Å². The summed E-state index contributed by atoms with van der Waals surface area (Å²) in [5.41, 5.74) is 6.67. The highest BCUT2D eigenvalue weighted by Gasteiger charge is 2.06. The van der Waals surface area contributed by atoms with Crippen LogP contribution in [0.5, 0.6) is 0 Å². The summed E-state index contributed by atoms with van der Waals surface area (Å²) in [5.74, 6) is 0.694. The van der Waals surface area contributed by atoms with E-state index in [4.69, 9.17) is 0 Å². The third kappa shape index (κ3) is 2.87. The zero-order valence-electron chi connectivity index (χ0n) is 13.1. The summed E-state index contributed by atoms with van der Waals surface area (Å²) < 4.78 is 0. The molecule has 0 saturated carbocycles. The molecular formula is C20H23N. The smallest absolute Gasteiger partial charge is 0.0457 e. The van der Waals surface area contributed by atoms with Gasteiger partial charge in [-0.1, -0.05) is 51.1 Å². The average Bonchev–Trinajstić information content (AvgIpc) is 2.89.